The van der Waals surface area contributed by atoms with Crippen LogP contribution in [0, 0.1) is 6.92 Å². The third kappa shape index (κ3) is 4.03. The van der Waals surface area contributed by atoms with Gasteiger partial charge >= 0.3 is 0 Å². The predicted octanol–water partition coefficient (Wildman–Crippen LogP) is 3.89. The summed E-state index contributed by atoms with van der Waals surface area (Å²) in [4.78, 5) is 12.6. The van der Waals surface area contributed by atoms with E-state index < -0.39 is 0 Å². The molecule has 0 spiro atoms. The van der Waals surface area contributed by atoms with Crippen LogP contribution in [-0.2, 0) is 0 Å². The number of amides is 1. The predicted molar refractivity (Wildman–Crippen MR) is 103 cm³/mol. The van der Waals surface area contributed by atoms with Gasteiger partial charge in [-0.15, -0.1) is 5.10 Å². The minimum absolute atomic E-state index is 0.232. The van der Waals surface area contributed by atoms with Gasteiger partial charge in [0.05, 0.1) is 30.1 Å². The Kier molecular flexibility index (Phi) is 5.61. The first kappa shape index (κ1) is 18.7. The quantitative estimate of drug-likeness (QED) is 0.695. The molecule has 0 unspecified atom stereocenters. The molecule has 0 bridgehead atoms. The normalized spacial score (nSPS) is 10.5. The highest BCUT2D eigenvalue weighted by Gasteiger charge is 2.18. The zero-order valence-electron chi connectivity index (χ0n) is 15.2. The van der Waals surface area contributed by atoms with Crippen LogP contribution in [0.2, 0.25) is 5.02 Å². The van der Waals surface area contributed by atoms with Crippen molar-refractivity contribution in [1.82, 2.24) is 15.0 Å². The molecule has 0 radical (unpaired) electrons. The fraction of sp³-hybridized carbons (Fsp3) is 0.211. The average Bonchev–Trinajstić information content (AvgIpc) is 3.05. The number of methoxy groups -OCH3 is 1. The van der Waals surface area contributed by atoms with Crippen LogP contribution in [0.1, 0.15) is 23.1 Å². The maximum atomic E-state index is 12.6. The Hall–Kier alpha value is -3.06. The Morgan fingerprint density at radius 1 is 1.22 bits per heavy atom. The number of nitrogens with zero attached hydrogens (tertiary/aromatic N) is 3. The lowest BCUT2D eigenvalue weighted by Crippen LogP contribution is -2.14. The first-order valence-corrected chi connectivity index (χ1v) is 8.71. The summed E-state index contributed by atoms with van der Waals surface area (Å²) < 4.78 is 12.1. The van der Waals surface area contributed by atoms with Crippen LogP contribution in [0.25, 0.3) is 5.69 Å². The number of ether oxygens (including phenoxy) is 2. The van der Waals surface area contributed by atoms with Gasteiger partial charge in [0.25, 0.3) is 5.91 Å². The Labute approximate surface area is 161 Å². The second-order valence-electron chi connectivity index (χ2n) is 5.67. The number of rotatable bonds is 6. The van der Waals surface area contributed by atoms with Gasteiger partial charge in [-0.2, -0.15) is 0 Å². The SMILES string of the molecule is CCOc1ccc(NC(=O)c2nnn(-c3ccc(OC)c(Cl)c3)c2C)cc1. The fourth-order valence-corrected chi connectivity index (χ4v) is 2.81. The van der Waals surface area contributed by atoms with Crippen molar-refractivity contribution in [3.05, 3.63) is 58.9 Å². The summed E-state index contributed by atoms with van der Waals surface area (Å²) in [6, 6.07) is 12.4. The summed E-state index contributed by atoms with van der Waals surface area (Å²) in [7, 11) is 1.55. The van der Waals surface area contributed by atoms with E-state index >= 15 is 0 Å². The number of halogens is 1. The Bertz CT molecular complexity index is 954. The van der Waals surface area contributed by atoms with Crippen molar-refractivity contribution >= 4 is 23.2 Å². The number of hydrogen-bond acceptors (Lipinski definition) is 5. The Balaban J connectivity index is 1.80. The van der Waals surface area contributed by atoms with Gasteiger partial charge in [0.15, 0.2) is 5.69 Å². The topological polar surface area (TPSA) is 78.3 Å². The van der Waals surface area contributed by atoms with Crippen molar-refractivity contribution in [2.75, 3.05) is 19.0 Å². The minimum atomic E-state index is -0.345. The highest BCUT2D eigenvalue weighted by molar-refractivity contribution is 6.32. The molecular formula is C19H19ClN4O3. The number of carbonyl (C=O) groups excluding carboxylic acids is 1. The highest BCUT2D eigenvalue weighted by atomic mass is 35.5. The molecule has 0 aliphatic rings. The number of nitrogens with one attached hydrogen (secondary N) is 1. The molecule has 1 aromatic heterocycles. The summed E-state index contributed by atoms with van der Waals surface area (Å²) in [6.45, 7) is 4.27. The molecule has 0 fully saturated rings. The van der Waals surface area contributed by atoms with Gasteiger partial charge in [0.1, 0.15) is 11.5 Å². The third-order valence-electron chi connectivity index (χ3n) is 3.91. The largest absolute Gasteiger partial charge is 0.495 e. The summed E-state index contributed by atoms with van der Waals surface area (Å²) >= 11 is 6.17. The van der Waals surface area contributed by atoms with Crippen molar-refractivity contribution in [1.29, 1.82) is 0 Å². The van der Waals surface area contributed by atoms with Crippen LogP contribution in [0.4, 0.5) is 5.69 Å². The smallest absolute Gasteiger partial charge is 0.278 e. The highest BCUT2D eigenvalue weighted by Crippen LogP contribution is 2.27. The molecule has 0 aliphatic carbocycles. The van der Waals surface area contributed by atoms with E-state index in [-0.39, 0.29) is 11.6 Å². The number of aromatic nitrogens is 3. The maximum absolute atomic E-state index is 12.6. The second-order valence-corrected chi connectivity index (χ2v) is 6.07. The van der Waals surface area contributed by atoms with E-state index in [1.54, 1.807) is 61.2 Å². The van der Waals surface area contributed by atoms with Gasteiger partial charge in [-0.05, 0) is 56.3 Å². The monoisotopic (exact) mass is 386 g/mol. The van der Waals surface area contributed by atoms with Crippen molar-refractivity contribution in [3.8, 4) is 17.2 Å². The molecular weight excluding hydrogens is 368 g/mol. The molecule has 1 heterocycles. The van der Waals surface area contributed by atoms with Gasteiger partial charge in [0, 0.05) is 5.69 Å². The number of hydrogen-bond donors (Lipinski definition) is 1. The number of carbonyl (C=O) groups is 1. The number of benzene rings is 2. The lowest BCUT2D eigenvalue weighted by atomic mass is 10.2. The molecule has 0 saturated heterocycles. The van der Waals surface area contributed by atoms with Crippen LogP contribution in [0.5, 0.6) is 11.5 Å². The van der Waals surface area contributed by atoms with E-state index in [1.807, 2.05) is 6.92 Å². The molecule has 27 heavy (non-hydrogen) atoms. The van der Waals surface area contributed by atoms with E-state index in [1.165, 1.54) is 0 Å². The lowest BCUT2D eigenvalue weighted by Gasteiger charge is -2.08. The van der Waals surface area contributed by atoms with Gasteiger partial charge in [-0.3, -0.25) is 4.79 Å². The molecule has 0 saturated carbocycles. The van der Waals surface area contributed by atoms with Gasteiger partial charge in [0.2, 0.25) is 0 Å². The molecule has 0 atom stereocenters. The molecule has 1 amide bonds. The first-order chi connectivity index (χ1) is 13.0. The molecule has 7 nitrogen and oxygen atoms in total. The summed E-state index contributed by atoms with van der Waals surface area (Å²) in [6.07, 6.45) is 0. The lowest BCUT2D eigenvalue weighted by molar-refractivity contribution is 0.102. The Morgan fingerprint density at radius 2 is 1.96 bits per heavy atom. The average molecular weight is 387 g/mol. The number of anilines is 1. The minimum Gasteiger partial charge on any atom is -0.495 e. The second kappa shape index (κ2) is 8.09. The van der Waals surface area contributed by atoms with E-state index in [9.17, 15) is 4.79 Å². The van der Waals surface area contributed by atoms with Crippen molar-refractivity contribution in [2.24, 2.45) is 0 Å². The first-order valence-electron chi connectivity index (χ1n) is 8.34. The van der Waals surface area contributed by atoms with E-state index in [2.05, 4.69) is 15.6 Å². The van der Waals surface area contributed by atoms with Gasteiger partial charge < -0.3 is 14.8 Å². The molecule has 0 aliphatic heterocycles. The van der Waals surface area contributed by atoms with Crippen LogP contribution in [0.15, 0.2) is 42.5 Å². The van der Waals surface area contributed by atoms with Crippen LogP contribution in [-0.4, -0.2) is 34.6 Å². The molecule has 3 rings (SSSR count). The van der Waals surface area contributed by atoms with Gasteiger partial charge in [-0.1, -0.05) is 16.8 Å². The van der Waals surface area contributed by atoms with Crippen molar-refractivity contribution in [2.45, 2.75) is 13.8 Å². The van der Waals surface area contributed by atoms with Crippen LogP contribution in [0.3, 0.4) is 0 Å². The van der Waals surface area contributed by atoms with E-state index in [4.69, 9.17) is 21.1 Å². The van der Waals surface area contributed by atoms with Crippen molar-refractivity contribution < 1.29 is 14.3 Å². The molecule has 1 N–H and O–H groups in total. The zero-order chi connectivity index (χ0) is 19.4. The van der Waals surface area contributed by atoms with Crippen LogP contribution < -0.4 is 14.8 Å². The van der Waals surface area contributed by atoms with E-state index in [0.717, 1.165) is 5.75 Å². The summed E-state index contributed by atoms with van der Waals surface area (Å²) in [5.41, 5.74) is 2.16. The van der Waals surface area contributed by atoms with E-state index in [0.29, 0.717) is 34.4 Å². The zero-order valence-corrected chi connectivity index (χ0v) is 15.9. The van der Waals surface area contributed by atoms with Crippen LogP contribution >= 0.6 is 11.6 Å². The van der Waals surface area contributed by atoms with Gasteiger partial charge in [-0.25, -0.2) is 4.68 Å². The molecule has 140 valence electrons. The molecule has 2 aromatic carbocycles. The third-order valence-corrected chi connectivity index (χ3v) is 4.21. The fourth-order valence-electron chi connectivity index (χ4n) is 2.56. The maximum Gasteiger partial charge on any atom is 0.278 e. The van der Waals surface area contributed by atoms with Crippen molar-refractivity contribution in [3.63, 3.8) is 0 Å². The molecule has 8 heteroatoms. The summed E-state index contributed by atoms with van der Waals surface area (Å²) in [5, 5.41) is 11.3. The standard InChI is InChI=1S/C19H19ClN4O3/c1-4-27-15-8-5-13(6-9-15)21-19(25)18-12(2)24(23-22-18)14-7-10-17(26-3)16(20)11-14/h5-11H,4H2,1-3H3,(H,21,25). The Morgan fingerprint density at radius 3 is 2.59 bits per heavy atom. The summed E-state index contributed by atoms with van der Waals surface area (Å²) in [5.74, 6) is 0.961. The molecule has 3 aromatic rings.